The lowest BCUT2D eigenvalue weighted by atomic mass is 10.00. The first kappa shape index (κ1) is 10.0. The maximum absolute atomic E-state index is 5.13. The summed E-state index contributed by atoms with van der Waals surface area (Å²) in [4.78, 5) is 4.43. The number of nitrogens with zero attached hydrogens (tertiary/aromatic N) is 1. The third-order valence-corrected chi connectivity index (χ3v) is 2.73. The van der Waals surface area contributed by atoms with Crippen LogP contribution in [-0.2, 0) is 0 Å². The van der Waals surface area contributed by atoms with Gasteiger partial charge in [0.25, 0.3) is 0 Å². The summed E-state index contributed by atoms with van der Waals surface area (Å²) in [5.74, 6) is 2.34. The fourth-order valence-electron chi connectivity index (χ4n) is 1.76. The molecule has 1 aromatic carbocycles. The molecule has 0 saturated carbocycles. The molecule has 3 heteroatoms. The van der Waals surface area contributed by atoms with Crippen LogP contribution in [0.15, 0.2) is 29.3 Å². The zero-order valence-electron chi connectivity index (χ0n) is 9.16. The van der Waals surface area contributed by atoms with Crippen LogP contribution >= 0.6 is 0 Å². The van der Waals surface area contributed by atoms with E-state index in [0.29, 0.717) is 5.92 Å². The van der Waals surface area contributed by atoms with Crippen molar-refractivity contribution in [3.8, 4) is 5.75 Å². The predicted molar refractivity (Wildman–Crippen MR) is 61.7 cm³/mol. The number of ether oxygens (including phenoxy) is 1. The average molecular weight is 204 g/mol. The summed E-state index contributed by atoms with van der Waals surface area (Å²) in [6, 6.07) is 8.15. The fraction of sp³-hybridized carbons (Fsp3) is 0.417. The van der Waals surface area contributed by atoms with Gasteiger partial charge >= 0.3 is 0 Å². The van der Waals surface area contributed by atoms with Crippen LogP contribution in [0.25, 0.3) is 0 Å². The van der Waals surface area contributed by atoms with Crippen molar-refractivity contribution in [3.05, 3.63) is 29.8 Å². The molecule has 0 bridgehead atoms. The van der Waals surface area contributed by atoms with Gasteiger partial charge in [0.1, 0.15) is 11.6 Å². The molecular formula is C12H16N2O. The Morgan fingerprint density at radius 1 is 1.33 bits per heavy atom. The lowest BCUT2D eigenvalue weighted by Gasteiger charge is -2.12. The summed E-state index contributed by atoms with van der Waals surface area (Å²) in [6.07, 6.45) is 0. The van der Waals surface area contributed by atoms with E-state index in [1.807, 2.05) is 12.1 Å². The van der Waals surface area contributed by atoms with Gasteiger partial charge in [0, 0.05) is 12.5 Å². The minimum absolute atomic E-state index is 0.346. The standard InChI is InChI=1S/C12H16N2O/c1-9(12-13-7-8-14-12)10-3-5-11(15-2)6-4-10/h3-6,9H,7-8H2,1-2H3,(H,13,14). The Kier molecular flexibility index (Phi) is 2.90. The molecule has 1 unspecified atom stereocenters. The molecule has 1 N–H and O–H groups in total. The molecule has 15 heavy (non-hydrogen) atoms. The number of hydrogen-bond donors (Lipinski definition) is 1. The van der Waals surface area contributed by atoms with Crippen molar-refractivity contribution in [2.24, 2.45) is 4.99 Å². The number of nitrogens with one attached hydrogen (secondary N) is 1. The Balaban J connectivity index is 2.14. The summed E-state index contributed by atoms with van der Waals surface area (Å²) in [5, 5.41) is 3.30. The summed E-state index contributed by atoms with van der Waals surface area (Å²) in [7, 11) is 1.68. The van der Waals surface area contributed by atoms with Crippen molar-refractivity contribution in [1.29, 1.82) is 0 Å². The maximum Gasteiger partial charge on any atom is 0.118 e. The number of benzene rings is 1. The van der Waals surface area contributed by atoms with Crippen LogP contribution in [0.3, 0.4) is 0 Å². The van der Waals surface area contributed by atoms with Crippen molar-refractivity contribution in [3.63, 3.8) is 0 Å². The van der Waals surface area contributed by atoms with Crippen molar-refractivity contribution in [2.45, 2.75) is 12.8 Å². The van der Waals surface area contributed by atoms with E-state index in [2.05, 4.69) is 29.4 Å². The second-order valence-corrected chi connectivity index (χ2v) is 3.69. The molecule has 0 aromatic heterocycles. The second kappa shape index (κ2) is 4.34. The van der Waals surface area contributed by atoms with Gasteiger partial charge in [-0.25, -0.2) is 0 Å². The molecule has 3 nitrogen and oxygen atoms in total. The van der Waals surface area contributed by atoms with Crippen molar-refractivity contribution in [1.82, 2.24) is 5.32 Å². The molecular weight excluding hydrogens is 188 g/mol. The Morgan fingerprint density at radius 2 is 2.07 bits per heavy atom. The zero-order valence-corrected chi connectivity index (χ0v) is 9.16. The first-order chi connectivity index (χ1) is 7.31. The van der Waals surface area contributed by atoms with Gasteiger partial charge in [-0.2, -0.15) is 0 Å². The van der Waals surface area contributed by atoms with Crippen LogP contribution in [0.2, 0.25) is 0 Å². The van der Waals surface area contributed by atoms with Gasteiger partial charge in [-0.05, 0) is 17.7 Å². The summed E-state index contributed by atoms with van der Waals surface area (Å²) < 4.78 is 5.13. The van der Waals surface area contributed by atoms with Crippen LogP contribution in [0.5, 0.6) is 5.75 Å². The number of rotatable bonds is 3. The largest absolute Gasteiger partial charge is 0.497 e. The van der Waals surface area contributed by atoms with E-state index in [0.717, 1.165) is 24.7 Å². The summed E-state index contributed by atoms with van der Waals surface area (Å²) in [5.41, 5.74) is 1.27. The van der Waals surface area contributed by atoms with Gasteiger partial charge in [0.2, 0.25) is 0 Å². The molecule has 0 radical (unpaired) electrons. The van der Waals surface area contributed by atoms with E-state index in [1.165, 1.54) is 5.56 Å². The Morgan fingerprint density at radius 3 is 2.60 bits per heavy atom. The first-order valence-corrected chi connectivity index (χ1v) is 5.23. The molecule has 1 aliphatic heterocycles. The zero-order chi connectivity index (χ0) is 10.7. The molecule has 80 valence electrons. The lowest BCUT2D eigenvalue weighted by molar-refractivity contribution is 0.414. The van der Waals surface area contributed by atoms with E-state index < -0.39 is 0 Å². The highest BCUT2D eigenvalue weighted by atomic mass is 16.5. The van der Waals surface area contributed by atoms with Gasteiger partial charge in [0.15, 0.2) is 0 Å². The highest BCUT2D eigenvalue weighted by molar-refractivity contribution is 5.89. The van der Waals surface area contributed by atoms with E-state index in [9.17, 15) is 0 Å². The molecule has 0 amide bonds. The third-order valence-electron chi connectivity index (χ3n) is 2.73. The molecule has 1 heterocycles. The minimum atomic E-state index is 0.346. The van der Waals surface area contributed by atoms with Gasteiger partial charge in [0.05, 0.1) is 13.7 Å². The quantitative estimate of drug-likeness (QED) is 0.814. The topological polar surface area (TPSA) is 33.6 Å². The normalized spacial score (nSPS) is 16.8. The monoisotopic (exact) mass is 204 g/mol. The SMILES string of the molecule is COc1ccc(C(C)C2=NCCN2)cc1. The van der Waals surface area contributed by atoms with Crippen molar-refractivity contribution in [2.75, 3.05) is 20.2 Å². The minimum Gasteiger partial charge on any atom is -0.497 e. The maximum atomic E-state index is 5.13. The van der Waals surface area contributed by atoms with E-state index in [1.54, 1.807) is 7.11 Å². The molecule has 0 aliphatic carbocycles. The van der Waals surface area contributed by atoms with Gasteiger partial charge < -0.3 is 10.1 Å². The van der Waals surface area contributed by atoms with Crippen LogP contribution in [0, 0.1) is 0 Å². The fourth-order valence-corrected chi connectivity index (χ4v) is 1.76. The van der Waals surface area contributed by atoms with Crippen molar-refractivity contribution >= 4 is 5.84 Å². The number of amidine groups is 1. The molecule has 1 atom stereocenters. The Labute approximate surface area is 90.2 Å². The van der Waals surface area contributed by atoms with E-state index >= 15 is 0 Å². The molecule has 0 fully saturated rings. The predicted octanol–water partition coefficient (Wildman–Crippen LogP) is 1.80. The van der Waals surface area contributed by atoms with Crippen molar-refractivity contribution < 1.29 is 4.74 Å². The molecule has 0 saturated heterocycles. The smallest absolute Gasteiger partial charge is 0.118 e. The van der Waals surface area contributed by atoms with Crippen LogP contribution < -0.4 is 10.1 Å². The number of aliphatic imine (C=N–C) groups is 1. The van der Waals surface area contributed by atoms with Crippen LogP contribution in [-0.4, -0.2) is 26.0 Å². The average Bonchev–Trinajstić information content (AvgIpc) is 2.82. The lowest BCUT2D eigenvalue weighted by Crippen LogP contribution is -2.23. The van der Waals surface area contributed by atoms with E-state index in [-0.39, 0.29) is 0 Å². The Hall–Kier alpha value is -1.51. The van der Waals surface area contributed by atoms with Crippen LogP contribution in [0.1, 0.15) is 18.4 Å². The second-order valence-electron chi connectivity index (χ2n) is 3.69. The molecule has 0 spiro atoms. The number of methoxy groups -OCH3 is 1. The summed E-state index contributed by atoms with van der Waals surface area (Å²) in [6.45, 7) is 4.03. The third kappa shape index (κ3) is 2.12. The van der Waals surface area contributed by atoms with Crippen LogP contribution in [0.4, 0.5) is 0 Å². The highest BCUT2D eigenvalue weighted by Crippen LogP contribution is 2.20. The molecule has 1 aromatic rings. The van der Waals surface area contributed by atoms with Gasteiger partial charge in [-0.1, -0.05) is 19.1 Å². The highest BCUT2D eigenvalue weighted by Gasteiger charge is 2.15. The number of hydrogen-bond acceptors (Lipinski definition) is 3. The molecule has 2 rings (SSSR count). The molecule has 1 aliphatic rings. The Bertz CT molecular complexity index is 356. The van der Waals surface area contributed by atoms with Gasteiger partial charge in [-0.15, -0.1) is 0 Å². The first-order valence-electron chi connectivity index (χ1n) is 5.23. The van der Waals surface area contributed by atoms with E-state index in [4.69, 9.17) is 4.74 Å². The van der Waals surface area contributed by atoms with Gasteiger partial charge in [-0.3, -0.25) is 4.99 Å². The summed E-state index contributed by atoms with van der Waals surface area (Å²) >= 11 is 0.